The molecule has 0 aliphatic heterocycles. The summed E-state index contributed by atoms with van der Waals surface area (Å²) in [5, 5.41) is 10.3. The zero-order chi connectivity index (χ0) is 16.1. The predicted molar refractivity (Wildman–Crippen MR) is 85.0 cm³/mol. The summed E-state index contributed by atoms with van der Waals surface area (Å²) in [6.07, 6.45) is 1.74. The molecule has 2 N–H and O–H groups in total. The number of urea groups is 1. The summed E-state index contributed by atoms with van der Waals surface area (Å²) in [6, 6.07) is 5.10. The Morgan fingerprint density at radius 3 is 2.73 bits per heavy atom. The Morgan fingerprint density at radius 2 is 2.09 bits per heavy atom. The van der Waals surface area contributed by atoms with E-state index in [2.05, 4.69) is 15.7 Å². The van der Waals surface area contributed by atoms with Crippen molar-refractivity contribution in [1.29, 1.82) is 0 Å². The van der Waals surface area contributed by atoms with E-state index in [4.69, 9.17) is 16.3 Å². The molecule has 0 aliphatic rings. The van der Waals surface area contributed by atoms with Gasteiger partial charge in [-0.3, -0.25) is 4.68 Å². The van der Waals surface area contributed by atoms with Gasteiger partial charge >= 0.3 is 6.03 Å². The smallest absolute Gasteiger partial charge is 0.315 e. The highest BCUT2D eigenvalue weighted by Crippen LogP contribution is 2.25. The average Bonchev–Trinajstić information content (AvgIpc) is 2.83. The summed E-state index contributed by atoms with van der Waals surface area (Å²) >= 11 is 6.13. The van der Waals surface area contributed by atoms with Crippen LogP contribution in [0.1, 0.15) is 16.8 Å². The first-order valence-corrected chi connectivity index (χ1v) is 7.21. The van der Waals surface area contributed by atoms with Gasteiger partial charge in [-0.05, 0) is 19.1 Å². The molecule has 1 heterocycles. The van der Waals surface area contributed by atoms with Gasteiger partial charge in [-0.1, -0.05) is 17.7 Å². The third-order valence-electron chi connectivity index (χ3n) is 3.50. The van der Waals surface area contributed by atoms with Crippen LogP contribution in [-0.2, 0) is 20.1 Å². The number of benzene rings is 1. The Hall–Kier alpha value is -2.21. The quantitative estimate of drug-likeness (QED) is 0.888. The second kappa shape index (κ2) is 7.17. The number of ether oxygens (including phenoxy) is 1. The van der Waals surface area contributed by atoms with E-state index in [1.165, 1.54) is 0 Å². The summed E-state index contributed by atoms with van der Waals surface area (Å²) in [5.41, 5.74) is 2.75. The normalized spacial score (nSPS) is 10.4. The number of methoxy groups -OCH3 is 1. The molecule has 0 fully saturated rings. The van der Waals surface area contributed by atoms with Gasteiger partial charge < -0.3 is 15.4 Å². The van der Waals surface area contributed by atoms with Crippen molar-refractivity contribution in [2.75, 3.05) is 7.11 Å². The maximum absolute atomic E-state index is 11.9. The van der Waals surface area contributed by atoms with Gasteiger partial charge in [-0.2, -0.15) is 5.10 Å². The van der Waals surface area contributed by atoms with Gasteiger partial charge in [0.05, 0.1) is 13.3 Å². The number of amides is 2. The largest absolute Gasteiger partial charge is 0.496 e. The zero-order valence-corrected chi connectivity index (χ0v) is 13.6. The maximum atomic E-state index is 11.9. The monoisotopic (exact) mass is 322 g/mol. The van der Waals surface area contributed by atoms with Crippen LogP contribution >= 0.6 is 11.6 Å². The summed E-state index contributed by atoms with van der Waals surface area (Å²) in [5.74, 6) is 0.649. The Kier molecular flexibility index (Phi) is 5.27. The van der Waals surface area contributed by atoms with E-state index < -0.39 is 0 Å². The van der Waals surface area contributed by atoms with E-state index in [1.807, 2.05) is 14.0 Å². The van der Waals surface area contributed by atoms with E-state index in [9.17, 15) is 4.79 Å². The minimum atomic E-state index is -0.273. The van der Waals surface area contributed by atoms with Crippen LogP contribution in [0.15, 0.2) is 24.4 Å². The Bertz CT molecular complexity index is 670. The van der Waals surface area contributed by atoms with Crippen LogP contribution in [-0.4, -0.2) is 22.9 Å². The molecule has 2 aromatic rings. The highest BCUT2D eigenvalue weighted by atomic mass is 35.5. The molecule has 2 rings (SSSR count). The van der Waals surface area contributed by atoms with Crippen molar-refractivity contribution in [3.8, 4) is 5.75 Å². The Balaban J connectivity index is 1.90. The van der Waals surface area contributed by atoms with Crippen molar-refractivity contribution in [2.24, 2.45) is 7.05 Å². The summed E-state index contributed by atoms with van der Waals surface area (Å²) < 4.78 is 7.01. The van der Waals surface area contributed by atoms with E-state index in [-0.39, 0.29) is 6.03 Å². The molecule has 1 aromatic heterocycles. The lowest BCUT2D eigenvalue weighted by molar-refractivity contribution is 0.240. The number of halogens is 1. The molecule has 1 aromatic carbocycles. The van der Waals surface area contributed by atoms with Crippen molar-refractivity contribution >= 4 is 17.6 Å². The second-order valence-electron chi connectivity index (χ2n) is 4.84. The van der Waals surface area contributed by atoms with E-state index >= 15 is 0 Å². The number of nitrogens with zero attached hydrogens (tertiary/aromatic N) is 2. The molecule has 0 bridgehead atoms. The number of hydrogen-bond acceptors (Lipinski definition) is 3. The number of carbonyl (C=O) groups excluding carboxylic acids is 1. The van der Waals surface area contributed by atoms with Crippen molar-refractivity contribution in [2.45, 2.75) is 20.0 Å². The van der Waals surface area contributed by atoms with Gasteiger partial charge in [0.25, 0.3) is 0 Å². The minimum absolute atomic E-state index is 0.273. The van der Waals surface area contributed by atoms with Crippen LogP contribution in [0.4, 0.5) is 4.79 Å². The van der Waals surface area contributed by atoms with Crippen molar-refractivity contribution in [1.82, 2.24) is 20.4 Å². The topological polar surface area (TPSA) is 68.2 Å². The lowest BCUT2D eigenvalue weighted by Crippen LogP contribution is -2.34. The van der Waals surface area contributed by atoms with Crippen LogP contribution < -0.4 is 15.4 Å². The average molecular weight is 323 g/mol. The summed E-state index contributed by atoms with van der Waals surface area (Å²) in [7, 11) is 3.43. The fourth-order valence-corrected chi connectivity index (χ4v) is 2.26. The van der Waals surface area contributed by atoms with E-state index in [1.54, 1.807) is 36.2 Å². The van der Waals surface area contributed by atoms with Gasteiger partial charge in [-0.15, -0.1) is 0 Å². The van der Waals surface area contributed by atoms with Gasteiger partial charge in [0, 0.05) is 42.0 Å². The SMILES string of the molecule is COc1cccc(Cl)c1CNC(=O)NCc1cnn(C)c1C. The molecule has 0 spiro atoms. The Morgan fingerprint density at radius 1 is 1.36 bits per heavy atom. The van der Waals surface area contributed by atoms with Crippen LogP contribution in [0.5, 0.6) is 5.75 Å². The van der Waals surface area contributed by atoms with Crippen molar-refractivity contribution < 1.29 is 9.53 Å². The van der Waals surface area contributed by atoms with Crippen molar-refractivity contribution in [3.63, 3.8) is 0 Å². The number of carbonyl (C=O) groups is 1. The second-order valence-corrected chi connectivity index (χ2v) is 5.24. The van der Waals surface area contributed by atoms with Crippen molar-refractivity contribution in [3.05, 3.63) is 46.2 Å². The van der Waals surface area contributed by atoms with Gasteiger partial charge in [0.15, 0.2) is 0 Å². The molecular weight excluding hydrogens is 304 g/mol. The molecule has 0 aliphatic carbocycles. The van der Waals surface area contributed by atoms with Crippen LogP contribution in [0.2, 0.25) is 5.02 Å². The molecule has 0 saturated carbocycles. The maximum Gasteiger partial charge on any atom is 0.315 e. The van der Waals surface area contributed by atoms with Crippen LogP contribution in [0.3, 0.4) is 0 Å². The van der Waals surface area contributed by atoms with Gasteiger partial charge in [0.2, 0.25) is 0 Å². The number of nitrogens with one attached hydrogen (secondary N) is 2. The molecule has 0 radical (unpaired) electrons. The standard InChI is InChI=1S/C15H19ClN4O2/c1-10-11(8-19-20(10)2)7-17-15(21)18-9-12-13(16)5-4-6-14(12)22-3/h4-6,8H,7,9H2,1-3H3,(H2,17,18,21). The lowest BCUT2D eigenvalue weighted by Gasteiger charge is -2.12. The lowest BCUT2D eigenvalue weighted by atomic mass is 10.2. The Labute approximate surface area is 134 Å². The predicted octanol–water partition coefficient (Wildman–Crippen LogP) is 2.39. The molecule has 118 valence electrons. The molecule has 7 heteroatoms. The van der Waals surface area contributed by atoms with E-state index in [0.29, 0.717) is 23.9 Å². The first kappa shape index (κ1) is 16.2. The summed E-state index contributed by atoms with van der Waals surface area (Å²) in [6.45, 7) is 2.67. The minimum Gasteiger partial charge on any atom is -0.496 e. The molecule has 6 nitrogen and oxygen atoms in total. The molecule has 0 unspecified atom stereocenters. The number of rotatable bonds is 5. The van der Waals surface area contributed by atoms with Gasteiger partial charge in [0.1, 0.15) is 5.75 Å². The fourth-order valence-electron chi connectivity index (χ4n) is 2.03. The zero-order valence-electron chi connectivity index (χ0n) is 12.8. The number of hydrogen-bond donors (Lipinski definition) is 2. The van der Waals surface area contributed by atoms with Gasteiger partial charge in [-0.25, -0.2) is 4.79 Å². The molecular formula is C15H19ClN4O2. The fraction of sp³-hybridized carbons (Fsp3) is 0.333. The first-order chi connectivity index (χ1) is 10.5. The van der Waals surface area contributed by atoms with Crippen LogP contribution in [0, 0.1) is 6.92 Å². The molecule has 22 heavy (non-hydrogen) atoms. The highest BCUT2D eigenvalue weighted by Gasteiger charge is 2.10. The summed E-state index contributed by atoms with van der Waals surface area (Å²) in [4.78, 5) is 11.9. The van der Waals surface area contributed by atoms with Crippen LogP contribution in [0.25, 0.3) is 0 Å². The first-order valence-electron chi connectivity index (χ1n) is 6.83. The molecule has 0 atom stereocenters. The number of aryl methyl sites for hydroxylation is 1. The number of aromatic nitrogens is 2. The highest BCUT2D eigenvalue weighted by molar-refractivity contribution is 6.31. The third kappa shape index (κ3) is 3.71. The third-order valence-corrected chi connectivity index (χ3v) is 3.85. The molecule has 0 saturated heterocycles. The molecule has 2 amide bonds. The van der Waals surface area contributed by atoms with E-state index in [0.717, 1.165) is 16.8 Å².